The first-order valence-corrected chi connectivity index (χ1v) is 9.91. The van der Waals surface area contributed by atoms with E-state index in [1.807, 2.05) is 0 Å². The van der Waals surface area contributed by atoms with Gasteiger partial charge >= 0.3 is 0 Å². The van der Waals surface area contributed by atoms with E-state index in [9.17, 15) is 13.2 Å². The number of benzene rings is 2. The molecule has 1 aliphatic rings. The van der Waals surface area contributed by atoms with Gasteiger partial charge in [0.1, 0.15) is 11.5 Å². The maximum absolute atomic E-state index is 12.6. The third-order valence-electron chi connectivity index (χ3n) is 4.03. The van der Waals surface area contributed by atoms with Crippen LogP contribution in [0.25, 0.3) is 0 Å². The summed E-state index contributed by atoms with van der Waals surface area (Å²) in [5.74, 6) is 0.641. The fourth-order valence-corrected chi connectivity index (χ4v) is 3.73. The number of ether oxygens (including phenoxy) is 2. The second kappa shape index (κ2) is 7.25. The molecule has 2 aromatic carbocycles. The van der Waals surface area contributed by atoms with Gasteiger partial charge in [0, 0.05) is 24.7 Å². The van der Waals surface area contributed by atoms with E-state index >= 15 is 0 Å². The summed E-state index contributed by atoms with van der Waals surface area (Å²) < 4.78 is 36.4. The Morgan fingerprint density at radius 2 is 2.00 bits per heavy atom. The van der Waals surface area contributed by atoms with Crippen LogP contribution in [0.15, 0.2) is 48.5 Å². The Balaban J connectivity index is 1.83. The third-order valence-corrected chi connectivity index (χ3v) is 5.21. The fourth-order valence-electron chi connectivity index (χ4n) is 2.78. The molecule has 1 heterocycles. The van der Waals surface area contributed by atoms with Gasteiger partial charge in [-0.25, -0.2) is 8.42 Å². The summed E-state index contributed by atoms with van der Waals surface area (Å²) >= 11 is 0. The van der Waals surface area contributed by atoms with Crippen molar-refractivity contribution < 1.29 is 22.7 Å². The van der Waals surface area contributed by atoms with E-state index in [1.165, 1.54) is 4.31 Å². The maximum atomic E-state index is 12.6. The summed E-state index contributed by atoms with van der Waals surface area (Å²) in [6, 6.07) is 13.8. The van der Waals surface area contributed by atoms with Crippen molar-refractivity contribution in [3.63, 3.8) is 0 Å². The lowest BCUT2D eigenvalue weighted by atomic mass is 10.2. The summed E-state index contributed by atoms with van der Waals surface area (Å²) in [5.41, 5.74) is 1.02. The zero-order valence-electron chi connectivity index (χ0n) is 14.5. The lowest BCUT2D eigenvalue weighted by Gasteiger charge is -2.20. The van der Waals surface area contributed by atoms with Gasteiger partial charge in [-0.2, -0.15) is 0 Å². The zero-order chi connectivity index (χ0) is 18.7. The number of methoxy groups -OCH3 is 1. The number of hydrogen-bond donors (Lipinski definition) is 1. The largest absolute Gasteiger partial charge is 0.497 e. The van der Waals surface area contributed by atoms with Crippen molar-refractivity contribution in [2.45, 2.75) is 12.5 Å². The smallest absolute Gasteiger partial charge is 0.265 e. The van der Waals surface area contributed by atoms with E-state index in [1.54, 1.807) is 55.6 Å². The number of rotatable bonds is 4. The lowest BCUT2D eigenvalue weighted by molar-refractivity contribution is -0.122. The van der Waals surface area contributed by atoms with Crippen LogP contribution >= 0.6 is 0 Å². The van der Waals surface area contributed by atoms with E-state index in [4.69, 9.17) is 9.47 Å². The molecule has 138 valence electrons. The molecule has 0 bridgehead atoms. The minimum atomic E-state index is -3.47. The molecule has 1 atom stereocenters. The van der Waals surface area contributed by atoms with Gasteiger partial charge < -0.3 is 14.8 Å². The second-order valence-electron chi connectivity index (χ2n) is 5.92. The number of carbonyl (C=O) groups is 1. The Morgan fingerprint density at radius 1 is 1.23 bits per heavy atom. The molecule has 0 unspecified atom stereocenters. The number of nitrogens with zero attached hydrogens (tertiary/aromatic N) is 1. The Morgan fingerprint density at radius 3 is 2.73 bits per heavy atom. The average molecular weight is 376 g/mol. The van der Waals surface area contributed by atoms with Crippen molar-refractivity contribution in [2.24, 2.45) is 0 Å². The molecule has 3 rings (SSSR count). The number of hydrogen-bond acceptors (Lipinski definition) is 5. The van der Waals surface area contributed by atoms with Gasteiger partial charge in [-0.05, 0) is 24.3 Å². The molecule has 0 radical (unpaired) electrons. The van der Waals surface area contributed by atoms with Crippen LogP contribution in [0.3, 0.4) is 0 Å². The fraction of sp³-hybridized carbons (Fsp3) is 0.278. The Bertz CT molecular complexity index is 913. The van der Waals surface area contributed by atoms with E-state index in [0.29, 0.717) is 22.9 Å². The second-order valence-corrected chi connectivity index (χ2v) is 7.83. The van der Waals surface area contributed by atoms with E-state index in [-0.39, 0.29) is 18.9 Å². The van der Waals surface area contributed by atoms with Gasteiger partial charge in [-0.1, -0.05) is 18.2 Å². The van der Waals surface area contributed by atoms with Gasteiger partial charge in [0.25, 0.3) is 5.91 Å². The highest BCUT2D eigenvalue weighted by atomic mass is 32.2. The summed E-state index contributed by atoms with van der Waals surface area (Å²) in [5, 5.41) is 2.79. The van der Waals surface area contributed by atoms with Crippen molar-refractivity contribution in [1.29, 1.82) is 0 Å². The van der Waals surface area contributed by atoms with Crippen molar-refractivity contribution in [2.75, 3.05) is 29.5 Å². The normalized spacial score (nSPS) is 16.8. The highest BCUT2D eigenvalue weighted by Gasteiger charge is 2.31. The first kappa shape index (κ1) is 18.1. The highest BCUT2D eigenvalue weighted by molar-refractivity contribution is 7.92. The Labute approximate surface area is 152 Å². The van der Waals surface area contributed by atoms with Gasteiger partial charge in [0.15, 0.2) is 6.10 Å². The molecule has 1 N–H and O–H groups in total. The topological polar surface area (TPSA) is 84.9 Å². The van der Waals surface area contributed by atoms with Crippen LogP contribution in [0, 0.1) is 0 Å². The number of carbonyl (C=O) groups excluding carboxylic acids is 1. The van der Waals surface area contributed by atoms with Crippen molar-refractivity contribution >= 4 is 27.3 Å². The number of fused-ring (bicyclic) bond motifs is 1. The van der Waals surface area contributed by atoms with Gasteiger partial charge in [0.05, 0.1) is 19.1 Å². The zero-order valence-corrected chi connectivity index (χ0v) is 15.3. The first-order chi connectivity index (χ1) is 12.4. The molecular weight excluding hydrogens is 356 g/mol. The Kier molecular flexibility index (Phi) is 5.03. The van der Waals surface area contributed by atoms with Crippen LogP contribution in [0.2, 0.25) is 0 Å². The summed E-state index contributed by atoms with van der Waals surface area (Å²) in [6.45, 7) is 0.159. The summed E-state index contributed by atoms with van der Waals surface area (Å²) in [6.07, 6.45) is 0.562. The number of sulfonamides is 1. The molecule has 26 heavy (non-hydrogen) atoms. The predicted molar refractivity (Wildman–Crippen MR) is 99.3 cm³/mol. The number of anilines is 2. The summed E-state index contributed by atoms with van der Waals surface area (Å²) in [7, 11) is -1.93. The first-order valence-electron chi connectivity index (χ1n) is 8.07. The van der Waals surface area contributed by atoms with Crippen molar-refractivity contribution in [3.8, 4) is 11.5 Å². The molecule has 0 aliphatic carbocycles. The number of nitrogens with one attached hydrogen (secondary N) is 1. The standard InChI is InChI=1S/C18H20N2O5S/c1-24-14-7-5-6-13(12-14)19-18(21)17-10-11-20(26(2,22)23)15-8-3-4-9-16(15)25-17/h3-9,12,17H,10-11H2,1-2H3,(H,19,21)/t17-/m0/s1. The minimum absolute atomic E-state index is 0.159. The molecule has 1 aliphatic heterocycles. The molecule has 8 heteroatoms. The van der Waals surface area contributed by atoms with Gasteiger partial charge in [-0.3, -0.25) is 9.10 Å². The molecule has 0 saturated heterocycles. The van der Waals surface area contributed by atoms with Crippen LogP contribution in [0.4, 0.5) is 11.4 Å². The molecule has 1 amide bonds. The van der Waals surface area contributed by atoms with Crippen molar-refractivity contribution in [3.05, 3.63) is 48.5 Å². The van der Waals surface area contributed by atoms with Crippen molar-refractivity contribution in [1.82, 2.24) is 0 Å². The van der Waals surface area contributed by atoms with E-state index in [2.05, 4.69) is 5.32 Å². The SMILES string of the molecule is COc1cccc(NC(=O)[C@@H]2CCN(S(C)(=O)=O)c3ccccc3O2)c1. The molecule has 0 saturated carbocycles. The average Bonchev–Trinajstić information content (AvgIpc) is 2.81. The lowest BCUT2D eigenvalue weighted by Crippen LogP contribution is -2.35. The van der Waals surface area contributed by atoms with Crippen LogP contribution in [-0.2, 0) is 14.8 Å². The van der Waals surface area contributed by atoms with E-state index < -0.39 is 16.1 Å². The number of para-hydroxylation sites is 2. The molecule has 0 spiro atoms. The quantitative estimate of drug-likeness (QED) is 0.885. The van der Waals surface area contributed by atoms with Crippen LogP contribution in [0.5, 0.6) is 11.5 Å². The molecule has 0 aromatic heterocycles. The third kappa shape index (κ3) is 3.91. The molecular formula is C18H20N2O5S. The highest BCUT2D eigenvalue weighted by Crippen LogP contribution is 2.34. The van der Waals surface area contributed by atoms with Gasteiger partial charge in [-0.15, -0.1) is 0 Å². The minimum Gasteiger partial charge on any atom is -0.497 e. The predicted octanol–water partition coefficient (Wildman–Crippen LogP) is 2.25. The van der Waals surface area contributed by atoms with E-state index in [0.717, 1.165) is 6.26 Å². The monoisotopic (exact) mass is 376 g/mol. The summed E-state index contributed by atoms with van der Waals surface area (Å²) in [4.78, 5) is 12.6. The maximum Gasteiger partial charge on any atom is 0.265 e. The molecule has 2 aromatic rings. The Hall–Kier alpha value is -2.74. The molecule has 7 nitrogen and oxygen atoms in total. The molecule has 0 fully saturated rings. The number of amides is 1. The van der Waals surface area contributed by atoms with Gasteiger partial charge in [0.2, 0.25) is 10.0 Å². The van der Waals surface area contributed by atoms with Crippen LogP contribution in [0.1, 0.15) is 6.42 Å². The van der Waals surface area contributed by atoms with Crippen LogP contribution in [-0.4, -0.2) is 40.3 Å². The van der Waals surface area contributed by atoms with Crippen LogP contribution < -0.4 is 19.1 Å².